The quantitative estimate of drug-likeness (QED) is 0.194. The molecule has 43 heavy (non-hydrogen) atoms. The number of anilines is 1. The summed E-state index contributed by atoms with van der Waals surface area (Å²) in [5, 5.41) is 3.60. The molecular weight excluding hydrogens is 590 g/mol. The van der Waals surface area contributed by atoms with E-state index in [-0.39, 0.29) is 22.9 Å². The molecule has 1 unspecified atom stereocenters. The average molecular weight is 626 g/mol. The minimum atomic E-state index is -1.09. The topological polar surface area (TPSA) is 76.5 Å². The number of esters is 1. The van der Waals surface area contributed by atoms with Crippen molar-refractivity contribution >= 4 is 51.8 Å². The van der Waals surface area contributed by atoms with Gasteiger partial charge in [-0.25, -0.2) is 14.2 Å². The molecule has 3 aromatic carbocycles. The van der Waals surface area contributed by atoms with Crippen LogP contribution in [0.5, 0.6) is 0 Å². The average Bonchev–Trinajstić information content (AvgIpc) is 3.51. The van der Waals surface area contributed by atoms with Crippen LogP contribution in [0.1, 0.15) is 55.5 Å². The Labute approximate surface area is 260 Å². The van der Waals surface area contributed by atoms with Gasteiger partial charge in [0.05, 0.1) is 35.1 Å². The summed E-state index contributed by atoms with van der Waals surface area (Å²) in [7, 11) is 1.35. The van der Waals surface area contributed by atoms with Gasteiger partial charge < -0.3 is 14.6 Å². The van der Waals surface area contributed by atoms with Crippen molar-refractivity contribution in [3.8, 4) is 0 Å². The van der Waals surface area contributed by atoms with E-state index < -0.39 is 23.2 Å². The normalized spacial score (nSPS) is 20.6. The standard InChI is InChI=1S/C33H35Cl2FN4O3/c1-20(2)18-40-24(13-14-39-19-37-28-15-21(31(41)43-4)11-12-29(28)39)17-26(25-9-6-10-27(35)30(25)36)33(40,3)32(42)38-23-8-5-7-22(34)16-23/h5-12,15-16,19-20,24,26H,13-14,17-18H2,1-4H3,(H,38,42)/t24-,26?,33+/m0/s1. The van der Waals surface area contributed by atoms with Crippen molar-refractivity contribution in [3.63, 3.8) is 0 Å². The second-order valence-electron chi connectivity index (χ2n) is 11.7. The number of rotatable bonds is 9. The van der Waals surface area contributed by atoms with Crippen molar-refractivity contribution in [2.45, 2.75) is 57.7 Å². The van der Waals surface area contributed by atoms with Crippen molar-refractivity contribution in [1.82, 2.24) is 14.5 Å². The van der Waals surface area contributed by atoms with Crippen LogP contribution < -0.4 is 5.32 Å². The van der Waals surface area contributed by atoms with Crippen LogP contribution in [0.4, 0.5) is 10.1 Å². The molecule has 1 aromatic heterocycles. The van der Waals surface area contributed by atoms with E-state index in [0.29, 0.717) is 53.3 Å². The molecule has 226 valence electrons. The number of hydrogen-bond acceptors (Lipinski definition) is 5. The zero-order valence-electron chi connectivity index (χ0n) is 24.6. The number of nitrogens with zero attached hydrogens (tertiary/aromatic N) is 3. The number of imidazole rings is 1. The lowest BCUT2D eigenvalue weighted by atomic mass is 9.79. The number of nitrogens with one attached hydrogen (secondary N) is 1. The van der Waals surface area contributed by atoms with Gasteiger partial charge in [0, 0.05) is 35.8 Å². The van der Waals surface area contributed by atoms with E-state index in [2.05, 4.69) is 29.0 Å². The maximum absolute atomic E-state index is 15.6. The van der Waals surface area contributed by atoms with Gasteiger partial charge in [0.2, 0.25) is 5.91 Å². The SMILES string of the molecule is COC(=O)c1ccc2c(c1)ncn2CC[C@H]1CC(c2cccc(Cl)c2F)[C@](C)(C(=O)Nc2cccc(Cl)c2)N1CC(C)C. The first-order valence-electron chi connectivity index (χ1n) is 14.3. The van der Waals surface area contributed by atoms with Crippen LogP contribution in [-0.2, 0) is 16.1 Å². The number of halogens is 3. The number of aryl methyl sites for hydroxylation is 1. The van der Waals surface area contributed by atoms with E-state index >= 15 is 4.39 Å². The van der Waals surface area contributed by atoms with Gasteiger partial charge in [-0.05, 0) is 73.7 Å². The van der Waals surface area contributed by atoms with E-state index in [9.17, 15) is 9.59 Å². The molecule has 0 spiro atoms. The highest BCUT2D eigenvalue weighted by molar-refractivity contribution is 6.31. The van der Waals surface area contributed by atoms with Crippen molar-refractivity contribution in [3.05, 3.63) is 94.0 Å². The fourth-order valence-electron chi connectivity index (χ4n) is 6.32. The number of ether oxygens (including phenoxy) is 1. The molecule has 0 bridgehead atoms. The molecule has 1 amide bonds. The highest BCUT2D eigenvalue weighted by atomic mass is 35.5. The maximum atomic E-state index is 15.6. The molecule has 2 heterocycles. The van der Waals surface area contributed by atoms with Crippen molar-refractivity contribution < 1.29 is 18.7 Å². The van der Waals surface area contributed by atoms with E-state index in [1.807, 2.05) is 17.6 Å². The van der Waals surface area contributed by atoms with E-state index in [4.69, 9.17) is 27.9 Å². The van der Waals surface area contributed by atoms with Gasteiger partial charge in [0.15, 0.2) is 0 Å². The molecule has 5 rings (SSSR count). The second kappa shape index (κ2) is 12.6. The van der Waals surface area contributed by atoms with Crippen molar-refractivity contribution in [2.75, 3.05) is 19.0 Å². The van der Waals surface area contributed by atoms with Gasteiger partial charge in [-0.3, -0.25) is 9.69 Å². The summed E-state index contributed by atoms with van der Waals surface area (Å²) in [6.45, 7) is 7.38. The van der Waals surface area contributed by atoms with E-state index in [1.54, 1.807) is 54.9 Å². The molecular formula is C33H35Cl2FN4O3. The second-order valence-corrected chi connectivity index (χ2v) is 12.5. The largest absolute Gasteiger partial charge is 0.465 e. The number of hydrogen-bond donors (Lipinski definition) is 1. The summed E-state index contributed by atoms with van der Waals surface area (Å²) in [6.07, 6.45) is 3.00. The zero-order chi connectivity index (χ0) is 30.9. The molecule has 4 aromatic rings. The Morgan fingerprint density at radius 2 is 1.91 bits per heavy atom. The molecule has 0 saturated carbocycles. The Kier molecular flexibility index (Phi) is 9.11. The predicted octanol–water partition coefficient (Wildman–Crippen LogP) is 7.57. The monoisotopic (exact) mass is 624 g/mol. The molecule has 10 heteroatoms. The van der Waals surface area contributed by atoms with Crippen LogP contribution in [0.3, 0.4) is 0 Å². The Hall–Kier alpha value is -3.46. The maximum Gasteiger partial charge on any atom is 0.337 e. The summed E-state index contributed by atoms with van der Waals surface area (Å²) < 4.78 is 22.5. The van der Waals surface area contributed by atoms with Gasteiger partial charge in [-0.15, -0.1) is 0 Å². The van der Waals surface area contributed by atoms with Gasteiger partial charge >= 0.3 is 5.97 Å². The molecule has 0 radical (unpaired) electrons. The molecule has 1 fully saturated rings. The number of benzene rings is 3. The van der Waals surface area contributed by atoms with Crippen LogP contribution in [0.2, 0.25) is 10.0 Å². The first kappa shape index (κ1) is 31.0. The molecule has 1 saturated heterocycles. The molecule has 1 N–H and O–H groups in total. The number of aromatic nitrogens is 2. The highest BCUT2D eigenvalue weighted by Gasteiger charge is 2.55. The number of fused-ring (bicyclic) bond motifs is 1. The van der Waals surface area contributed by atoms with Crippen molar-refractivity contribution in [2.24, 2.45) is 5.92 Å². The lowest BCUT2D eigenvalue weighted by molar-refractivity contribution is -0.127. The first-order chi connectivity index (χ1) is 20.5. The number of amides is 1. The van der Waals surface area contributed by atoms with Crippen LogP contribution in [0, 0.1) is 11.7 Å². The Morgan fingerprint density at radius 1 is 1.14 bits per heavy atom. The summed E-state index contributed by atoms with van der Waals surface area (Å²) in [4.78, 5) is 33.0. The van der Waals surface area contributed by atoms with Crippen LogP contribution >= 0.6 is 23.2 Å². The molecule has 0 aliphatic carbocycles. The fourth-order valence-corrected chi connectivity index (χ4v) is 6.69. The third kappa shape index (κ3) is 6.14. The third-order valence-electron chi connectivity index (χ3n) is 8.43. The Morgan fingerprint density at radius 3 is 2.63 bits per heavy atom. The molecule has 3 atom stereocenters. The molecule has 1 aliphatic rings. The van der Waals surface area contributed by atoms with Gasteiger partial charge in [-0.2, -0.15) is 0 Å². The number of carbonyl (C=O) groups is 2. The Bertz CT molecular complexity index is 1660. The summed E-state index contributed by atoms with van der Waals surface area (Å²) in [5.41, 5.74) is 1.93. The van der Waals surface area contributed by atoms with Gasteiger partial charge in [-0.1, -0.05) is 55.2 Å². The van der Waals surface area contributed by atoms with Crippen LogP contribution in [0.25, 0.3) is 11.0 Å². The first-order valence-corrected chi connectivity index (χ1v) is 15.1. The minimum Gasteiger partial charge on any atom is -0.465 e. The van der Waals surface area contributed by atoms with Crippen molar-refractivity contribution in [1.29, 1.82) is 0 Å². The highest BCUT2D eigenvalue weighted by Crippen LogP contribution is 2.49. The van der Waals surface area contributed by atoms with E-state index in [1.165, 1.54) is 13.2 Å². The Balaban J connectivity index is 1.50. The summed E-state index contributed by atoms with van der Waals surface area (Å²) in [5.74, 6) is -1.36. The van der Waals surface area contributed by atoms with Crippen LogP contribution in [0.15, 0.2) is 67.0 Å². The van der Waals surface area contributed by atoms with Gasteiger partial charge in [0.25, 0.3) is 0 Å². The lowest BCUT2D eigenvalue weighted by Gasteiger charge is -2.41. The summed E-state index contributed by atoms with van der Waals surface area (Å²) >= 11 is 12.5. The predicted molar refractivity (Wildman–Crippen MR) is 168 cm³/mol. The zero-order valence-corrected chi connectivity index (χ0v) is 26.1. The third-order valence-corrected chi connectivity index (χ3v) is 8.96. The summed E-state index contributed by atoms with van der Waals surface area (Å²) in [6, 6.07) is 17.3. The molecule has 7 nitrogen and oxygen atoms in total. The molecule has 1 aliphatic heterocycles. The fraction of sp³-hybridized carbons (Fsp3) is 0.364. The van der Waals surface area contributed by atoms with Crippen LogP contribution in [-0.4, -0.2) is 51.6 Å². The lowest BCUT2D eigenvalue weighted by Crippen LogP contribution is -2.56. The number of methoxy groups -OCH3 is 1. The number of likely N-dealkylation sites (tertiary alicyclic amines) is 1. The minimum absolute atomic E-state index is 0.0326. The number of carbonyl (C=O) groups excluding carboxylic acids is 2. The van der Waals surface area contributed by atoms with Gasteiger partial charge in [0.1, 0.15) is 11.4 Å². The smallest absolute Gasteiger partial charge is 0.337 e. The van der Waals surface area contributed by atoms with E-state index in [0.717, 1.165) is 5.52 Å².